The van der Waals surface area contributed by atoms with E-state index in [2.05, 4.69) is 13.8 Å². The number of hydrogen-bond acceptors (Lipinski definition) is 1. The lowest BCUT2D eigenvalue weighted by molar-refractivity contribution is -0.122. The van der Waals surface area contributed by atoms with Crippen molar-refractivity contribution in [2.45, 2.75) is 39.5 Å². The van der Waals surface area contributed by atoms with Crippen molar-refractivity contribution in [2.75, 3.05) is 0 Å². The highest BCUT2D eigenvalue weighted by molar-refractivity contribution is 5.50. The summed E-state index contributed by atoms with van der Waals surface area (Å²) in [6.07, 6.45) is 5.98. The molecule has 1 nitrogen and oxygen atoms in total. The molecule has 0 aromatic carbocycles. The van der Waals surface area contributed by atoms with Gasteiger partial charge in [-0.3, -0.25) is 0 Å². The SMILES string of the molecule is CC1(C)[C@@H]2CC[C@H](CC=O)[C@H]1C2. The molecule has 0 N–H and O–H groups in total. The van der Waals surface area contributed by atoms with Crippen molar-refractivity contribution in [3.8, 4) is 0 Å². The fourth-order valence-corrected chi connectivity index (χ4v) is 3.37. The molecule has 0 saturated heterocycles. The summed E-state index contributed by atoms with van der Waals surface area (Å²) in [6, 6.07) is 0. The van der Waals surface area contributed by atoms with Gasteiger partial charge < -0.3 is 4.79 Å². The van der Waals surface area contributed by atoms with E-state index in [4.69, 9.17) is 0 Å². The van der Waals surface area contributed by atoms with Crippen molar-refractivity contribution in [3.05, 3.63) is 0 Å². The lowest BCUT2D eigenvalue weighted by Gasteiger charge is -2.60. The predicted molar refractivity (Wildman–Crippen MR) is 48.8 cm³/mol. The summed E-state index contributed by atoms with van der Waals surface area (Å²) < 4.78 is 0. The van der Waals surface area contributed by atoms with E-state index in [1.807, 2.05) is 0 Å². The molecule has 3 aliphatic rings. The zero-order valence-electron chi connectivity index (χ0n) is 8.05. The average molecular weight is 166 g/mol. The maximum atomic E-state index is 10.4. The Morgan fingerprint density at radius 2 is 2.17 bits per heavy atom. The van der Waals surface area contributed by atoms with Crippen molar-refractivity contribution in [2.24, 2.45) is 23.2 Å². The Morgan fingerprint density at radius 3 is 2.67 bits per heavy atom. The Balaban J connectivity index is 2.05. The van der Waals surface area contributed by atoms with Crippen LogP contribution >= 0.6 is 0 Å². The summed E-state index contributed by atoms with van der Waals surface area (Å²) in [7, 11) is 0. The minimum absolute atomic E-state index is 0.548. The van der Waals surface area contributed by atoms with Gasteiger partial charge in [0.05, 0.1) is 0 Å². The minimum Gasteiger partial charge on any atom is -0.303 e. The van der Waals surface area contributed by atoms with Gasteiger partial charge in [-0.25, -0.2) is 0 Å². The summed E-state index contributed by atoms with van der Waals surface area (Å²) in [5.74, 6) is 2.52. The van der Waals surface area contributed by atoms with E-state index in [1.165, 1.54) is 19.3 Å². The molecule has 68 valence electrons. The fraction of sp³-hybridized carbons (Fsp3) is 0.909. The van der Waals surface area contributed by atoms with Crippen molar-refractivity contribution in [3.63, 3.8) is 0 Å². The maximum Gasteiger partial charge on any atom is 0.120 e. The maximum absolute atomic E-state index is 10.4. The zero-order chi connectivity index (χ0) is 8.77. The number of carbonyl (C=O) groups is 1. The topological polar surface area (TPSA) is 17.1 Å². The van der Waals surface area contributed by atoms with E-state index in [0.29, 0.717) is 11.3 Å². The standard InChI is InChI=1S/C11H18O/c1-11(2)9-4-3-8(5-6-12)10(11)7-9/h6,8-10H,3-5,7H2,1-2H3/t8-,9-,10-/m1/s1. The second-order valence-corrected chi connectivity index (χ2v) is 5.10. The Hall–Kier alpha value is -0.330. The van der Waals surface area contributed by atoms with Crippen molar-refractivity contribution in [1.29, 1.82) is 0 Å². The predicted octanol–water partition coefficient (Wildman–Crippen LogP) is 2.65. The van der Waals surface area contributed by atoms with Gasteiger partial charge in [-0.05, 0) is 42.4 Å². The third-order valence-corrected chi connectivity index (χ3v) is 4.40. The highest BCUT2D eigenvalue weighted by Crippen LogP contribution is 2.61. The molecule has 0 radical (unpaired) electrons. The molecule has 0 spiro atoms. The first-order chi connectivity index (χ1) is 5.66. The monoisotopic (exact) mass is 166 g/mol. The number of aldehydes is 1. The van der Waals surface area contributed by atoms with Gasteiger partial charge in [0.15, 0.2) is 0 Å². The number of fused-ring (bicyclic) bond motifs is 2. The molecule has 3 saturated carbocycles. The first-order valence-corrected chi connectivity index (χ1v) is 5.10. The normalized spacial score (nSPS) is 43.3. The van der Waals surface area contributed by atoms with Crippen LogP contribution in [0.2, 0.25) is 0 Å². The largest absolute Gasteiger partial charge is 0.303 e. The second-order valence-electron chi connectivity index (χ2n) is 5.10. The lowest BCUT2D eigenvalue weighted by atomic mass is 9.45. The van der Waals surface area contributed by atoms with Crippen LogP contribution in [0, 0.1) is 23.2 Å². The Labute approximate surface area is 74.5 Å². The van der Waals surface area contributed by atoms with Crippen LogP contribution in [0.25, 0.3) is 0 Å². The van der Waals surface area contributed by atoms with Crippen LogP contribution in [0.3, 0.4) is 0 Å². The first-order valence-electron chi connectivity index (χ1n) is 5.10. The van der Waals surface area contributed by atoms with Gasteiger partial charge in [0.2, 0.25) is 0 Å². The summed E-state index contributed by atoms with van der Waals surface area (Å²) in [6.45, 7) is 4.76. The zero-order valence-corrected chi connectivity index (χ0v) is 8.05. The first kappa shape index (κ1) is 8.28. The third-order valence-electron chi connectivity index (χ3n) is 4.40. The van der Waals surface area contributed by atoms with Gasteiger partial charge in [0.1, 0.15) is 6.29 Å². The molecule has 3 atom stereocenters. The molecule has 12 heavy (non-hydrogen) atoms. The van der Waals surface area contributed by atoms with E-state index in [9.17, 15) is 4.79 Å². The van der Waals surface area contributed by atoms with E-state index in [-0.39, 0.29) is 0 Å². The molecule has 0 amide bonds. The summed E-state index contributed by atoms with van der Waals surface area (Å²) in [5.41, 5.74) is 0.548. The minimum atomic E-state index is 0.548. The second kappa shape index (κ2) is 2.58. The van der Waals surface area contributed by atoms with Gasteiger partial charge in [-0.15, -0.1) is 0 Å². The molecular weight excluding hydrogens is 148 g/mol. The molecule has 1 heteroatoms. The highest BCUT2D eigenvalue weighted by Gasteiger charge is 2.53. The van der Waals surface area contributed by atoms with E-state index < -0.39 is 0 Å². The van der Waals surface area contributed by atoms with Crippen molar-refractivity contribution < 1.29 is 4.79 Å². The molecule has 0 heterocycles. The summed E-state index contributed by atoms with van der Waals surface area (Å²) >= 11 is 0. The molecular formula is C11H18O. The molecule has 0 aromatic rings. The van der Waals surface area contributed by atoms with Gasteiger partial charge in [-0.1, -0.05) is 13.8 Å². The molecule has 3 aliphatic carbocycles. The molecule has 0 aliphatic heterocycles. The summed E-state index contributed by atoms with van der Waals surface area (Å²) in [5, 5.41) is 0. The van der Waals surface area contributed by atoms with Crippen LogP contribution in [0.15, 0.2) is 0 Å². The van der Waals surface area contributed by atoms with Crippen LogP contribution in [0.5, 0.6) is 0 Å². The Kier molecular flexibility index (Phi) is 1.78. The van der Waals surface area contributed by atoms with Crippen LogP contribution in [0.1, 0.15) is 39.5 Å². The van der Waals surface area contributed by atoms with Crippen LogP contribution < -0.4 is 0 Å². The fourth-order valence-electron chi connectivity index (χ4n) is 3.37. The number of rotatable bonds is 2. The molecule has 0 aromatic heterocycles. The van der Waals surface area contributed by atoms with E-state index in [1.54, 1.807) is 0 Å². The van der Waals surface area contributed by atoms with E-state index in [0.717, 1.165) is 24.5 Å². The number of hydrogen-bond donors (Lipinski definition) is 0. The van der Waals surface area contributed by atoms with Gasteiger partial charge in [-0.2, -0.15) is 0 Å². The Morgan fingerprint density at radius 1 is 1.42 bits per heavy atom. The summed E-state index contributed by atoms with van der Waals surface area (Å²) in [4.78, 5) is 10.4. The van der Waals surface area contributed by atoms with Gasteiger partial charge in [0, 0.05) is 6.42 Å². The lowest BCUT2D eigenvalue weighted by Crippen LogP contribution is -2.52. The van der Waals surface area contributed by atoms with Crippen LogP contribution in [-0.4, -0.2) is 6.29 Å². The number of carbonyl (C=O) groups excluding carboxylic acids is 1. The van der Waals surface area contributed by atoms with Gasteiger partial charge in [0.25, 0.3) is 0 Å². The quantitative estimate of drug-likeness (QED) is 0.576. The molecule has 3 rings (SSSR count). The van der Waals surface area contributed by atoms with Gasteiger partial charge >= 0.3 is 0 Å². The van der Waals surface area contributed by atoms with E-state index >= 15 is 0 Å². The van der Waals surface area contributed by atoms with Crippen LogP contribution in [0.4, 0.5) is 0 Å². The van der Waals surface area contributed by atoms with Crippen LogP contribution in [-0.2, 0) is 4.79 Å². The van der Waals surface area contributed by atoms with Crippen molar-refractivity contribution in [1.82, 2.24) is 0 Å². The molecule has 0 unspecified atom stereocenters. The Bertz CT molecular complexity index is 193. The molecule has 3 fully saturated rings. The average Bonchev–Trinajstić information content (AvgIpc) is 2.05. The molecule has 2 bridgehead atoms. The smallest absolute Gasteiger partial charge is 0.120 e. The highest BCUT2D eigenvalue weighted by atomic mass is 16.1. The van der Waals surface area contributed by atoms with Crippen molar-refractivity contribution >= 4 is 6.29 Å². The third kappa shape index (κ3) is 0.949.